The van der Waals surface area contributed by atoms with Crippen molar-refractivity contribution >= 4 is 17.7 Å². The molecule has 3 N–H and O–H groups in total. The topological polar surface area (TPSA) is 69.6 Å². The number of aliphatic carboxylic acids is 1. The molecule has 1 unspecified atom stereocenters. The third kappa shape index (κ3) is 6.02. The first kappa shape index (κ1) is 14.7. The molecule has 0 aliphatic carbocycles. The van der Waals surface area contributed by atoms with Crippen molar-refractivity contribution in [2.45, 2.75) is 32.2 Å². The van der Waals surface area contributed by atoms with Crippen molar-refractivity contribution in [2.75, 3.05) is 24.7 Å². The fraction of sp³-hybridized carbons (Fsp3) is 0.900. The molecule has 0 aromatic carbocycles. The van der Waals surface area contributed by atoms with Gasteiger partial charge in [0.25, 0.3) is 0 Å². The quantitative estimate of drug-likeness (QED) is 0.519. The maximum absolute atomic E-state index is 11.0. The van der Waals surface area contributed by atoms with E-state index in [1.807, 2.05) is 6.92 Å². The molecule has 0 amide bonds. The molecule has 0 radical (unpaired) electrons. The van der Waals surface area contributed by atoms with Gasteiger partial charge in [0.05, 0.1) is 6.61 Å². The number of hydrogen-bond donors (Lipinski definition) is 3. The van der Waals surface area contributed by atoms with E-state index in [0.717, 1.165) is 17.9 Å². The summed E-state index contributed by atoms with van der Waals surface area (Å²) in [6, 6.07) is 0. The fourth-order valence-corrected chi connectivity index (χ4v) is 2.04. The van der Waals surface area contributed by atoms with Gasteiger partial charge in [0.1, 0.15) is 5.54 Å². The van der Waals surface area contributed by atoms with Gasteiger partial charge in [0, 0.05) is 5.75 Å². The Morgan fingerprint density at radius 3 is 2.60 bits per heavy atom. The minimum absolute atomic E-state index is 0.189. The van der Waals surface area contributed by atoms with Crippen molar-refractivity contribution in [3.8, 4) is 0 Å². The van der Waals surface area contributed by atoms with E-state index in [0.29, 0.717) is 13.0 Å². The number of carbonyl (C=O) groups is 1. The number of likely N-dealkylation sites (N-methyl/N-ethyl adjacent to an activating group) is 1. The predicted molar refractivity (Wildman–Crippen MR) is 63.4 cm³/mol. The zero-order valence-corrected chi connectivity index (χ0v) is 10.3. The maximum atomic E-state index is 11.0. The summed E-state index contributed by atoms with van der Waals surface area (Å²) in [6.45, 7) is 4.47. The van der Waals surface area contributed by atoms with Crippen LogP contribution in [0.15, 0.2) is 0 Å². The van der Waals surface area contributed by atoms with Crippen LogP contribution < -0.4 is 5.32 Å². The van der Waals surface area contributed by atoms with Gasteiger partial charge in [0.15, 0.2) is 0 Å². The summed E-state index contributed by atoms with van der Waals surface area (Å²) < 4.78 is 0. The molecule has 0 saturated heterocycles. The van der Waals surface area contributed by atoms with Crippen LogP contribution in [0.2, 0.25) is 0 Å². The summed E-state index contributed by atoms with van der Waals surface area (Å²) in [5, 5.41) is 20.6. The molecule has 0 bridgehead atoms. The maximum Gasteiger partial charge on any atom is 0.323 e. The van der Waals surface area contributed by atoms with Gasteiger partial charge in [-0.1, -0.05) is 6.92 Å². The third-order valence-electron chi connectivity index (χ3n) is 2.24. The first-order valence-corrected chi connectivity index (χ1v) is 6.39. The Hall–Kier alpha value is -0.260. The smallest absolute Gasteiger partial charge is 0.323 e. The second-order valence-corrected chi connectivity index (χ2v) is 4.83. The van der Waals surface area contributed by atoms with Gasteiger partial charge in [-0.3, -0.25) is 4.79 Å². The second kappa shape index (κ2) is 7.96. The lowest BCUT2D eigenvalue weighted by molar-refractivity contribution is -0.144. The molecule has 1 atom stereocenters. The minimum Gasteiger partial charge on any atom is -0.480 e. The standard InChI is InChI=1S/C10H21NO3S/c1-3-11-10(2,9(13)14)5-4-7-15-8-6-12/h11-12H,3-8H2,1-2H3,(H,13,14). The number of thioether (sulfide) groups is 1. The van der Waals surface area contributed by atoms with E-state index in [-0.39, 0.29) is 6.61 Å². The molecule has 90 valence electrons. The van der Waals surface area contributed by atoms with E-state index >= 15 is 0 Å². The van der Waals surface area contributed by atoms with Crippen LogP contribution in [0, 0.1) is 0 Å². The number of rotatable bonds is 9. The van der Waals surface area contributed by atoms with Crippen LogP contribution in [0.5, 0.6) is 0 Å². The van der Waals surface area contributed by atoms with Crippen molar-refractivity contribution in [3.63, 3.8) is 0 Å². The van der Waals surface area contributed by atoms with E-state index in [9.17, 15) is 4.79 Å². The summed E-state index contributed by atoms with van der Waals surface area (Å²) in [6.07, 6.45) is 1.47. The van der Waals surface area contributed by atoms with Gasteiger partial charge in [-0.25, -0.2) is 0 Å². The number of carboxylic acids is 1. The average molecular weight is 235 g/mol. The summed E-state index contributed by atoms with van der Waals surface area (Å²) >= 11 is 1.65. The van der Waals surface area contributed by atoms with Gasteiger partial charge in [0.2, 0.25) is 0 Å². The van der Waals surface area contributed by atoms with E-state index in [2.05, 4.69) is 5.32 Å². The Balaban J connectivity index is 3.81. The van der Waals surface area contributed by atoms with Crippen molar-refractivity contribution in [2.24, 2.45) is 0 Å². The van der Waals surface area contributed by atoms with Crippen LogP contribution in [0.3, 0.4) is 0 Å². The normalized spacial score (nSPS) is 14.9. The summed E-state index contributed by atoms with van der Waals surface area (Å²) in [5.41, 5.74) is -0.811. The highest BCUT2D eigenvalue weighted by Crippen LogP contribution is 2.15. The molecular formula is C10H21NO3S. The molecule has 0 saturated carbocycles. The monoisotopic (exact) mass is 235 g/mol. The highest BCUT2D eigenvalue weighted by atomic mass is 32.2. The van der Waals surface area contributed by atoms with Crippen LogP contribution in [0.4, 0.5) is 0 Å². The molecule has 0 rings (SSSR count). The zero-order chi connectivity index (χ0) is 11.7. The van der Waals surface area contributed by atoms with Crippen LogP contribution in [0.25, 0.3) is 0 Å². The Bertz CT molecular complexity index is 190. The minimum atomic E-state index is -0.811. The summed E-state index contributed by atoms with van der Waals surface area (Å²) in [7, 11) is 0. The molecule has 0 fully saturated rings. The SMILES string of the molecule is CCNC(C)(CCCSCCO)C(=O)O. The average Bonchev–Trinajstić information content (AvgIpc) is 2.18. The highest BCUT2D eigenvalue weighted by Gasteiger charge is 2.30. The molecule has 0 heterocycles. The molecule has 0 aromatic rings. The predicted octanol–water partition coefficient (Wildman–Crippen LogP) is 0.945. The summed E-state index contributed by atoms with van der Waals surface area (Å²) in [5.74, 6) is 0.830. The largest absolute Gasteiger partial charge is 0.480 e. The van der Waals surface area contributed by atoms with Crippen LogP contribution in [-0.4, -0.2) is 46.4 Å². The van der Waals surface area contributed by atoms with Gasteiger partial charge in [-0.2, -0.15) is 11.8 Å². The van der Waals surface area contributed by atoms with Gasteiger partial charge in [-0.15, -0.1) is 0 Å². The Kier molecular flexibility index (Phi) is 7.82. The molecule has 0 spiro atoms. The summed E-state index contributed by atoms with van der Waals surface area (Å²) in [4.78, 5) is 11.0. The second-order valence-electron chi connectivity index (χ2n) is 3.61. The molecule has 5 heteroatoms. The number of carboxylic acid groups (broad SMARTS) is 1. The fourth-order valence-electron chi connectivity index (χ4n) is 1.36. The molecule has 15 heavy (non-hydrogen) atoms. The van der Waals surface area contributed by atoms with Gasteiger partial charge >= 0.3 is 5.97 Å². The van der Waals surface area contributed by atoms with Crippen LogP contribution in [-0.2, 0) is 4.79 Å². The van der Waals surface area contributed by atoms with E-state index < -0.39 is 11.5 Å². The number of aliphatic hydroxyl groups excluding tert-OH is 1. The lowest BCUT2D eigenvalue weighted by atomic mass is 9.96. The number of nitrogens with one attached hydrogen (secondary N) is 1. The van der Waals surface area contributed by atoms with Crippen molar-refractivity contribution < 1.29 is 15.0 Å². The Labute approximate surface area is 95.4 Å². The van der Waals surface area contributed by atoms with Crippen molar-refractivity contribution in [3.05, 3.63) is 0 Å². The van der Waals surface area contributed by atoms with E-state index in [4.69, 9.17) is 10.2 Å². The third-order valence-corrected chi connectivity index (χ3v) is 3.29. The molecule has 0 aliphatic rings. The van der Waals surface area contributed by atoms with Crippen LogP contribution >= 0.6 is 11.8 Å². The number of aliphatic hydroxyl groups is 1. The lowest BCUT2D eigenvalue weighted by Crippen LogP contribution is -2.49. The van der Waals surface area contributed by atoms with Crippen LogP contribution in [0.1, 0.15) is 26.7 Å². The molecular weight excluding hydrogens is 214 g/mol. The number of hydrogen-bond acceptors (Lipinski definition) is 4. The molecule has 0 aliphatic heterocycles. The Morgan fingerprint density at radius 2 is 2.13 bits per heavy atom. The van der Waals surface area contributed by atoms with Crippen molar-refractivity contribution in [1.29, 1.82) is 0 Å². The first-order chi connectivity index (χ1) is 7.06. The van der Waals surface area contributed by atoms with Gasteiger partial charge in [-0.05, 0) is 32.1 Å². The highest BCUT2D eigenvalue weighted by molar-refractivity contribution is 7.99. The van der Waals surface area contributed by atoms with Gasteiger partial charge < -0.3 is 15.5 Å². The van der Waals surface area contributed by atoms with E-state index in [1.54, 1.807) is 18.7 Å². The Morgan fingerprint density at radius 1 is 1.47 bits per heavy atom. The molecule has 4 nitrogen and oxygen atoms in total. The van der Waals surface area contributed by atoms with E-state index in [1.165, 1.54) is 0 Å². The molecule has 0 aromatic heterocycles. The zero-order valence-electron chi connectivity index (χ0n) is 9.45. The first-order valence-electron chi connectivity index (χ1n) is 5.24. The lowest BCUT2D eigenvalue weighted by Gasteiger charge is -2.25. The van der Waals surface area contributed by atoms with Crippen molar-refractivity contribution in [1.82, 2.24) is 5.32 Å².